The van der Waals surface area contributed by atoms with Crippen molar-refractivity contribution in [2.75, 3.05) is 52.5 Å². The van der Waals surface area contributed by atoms with Gasteiger partial charge in [0.15, 0.2) is 0 Å². The Hall–Kier alpha value is -0.650. The Morgan fingerprint density at radius 2 is 1.83 bits per heavy atom. The Balaban J connectivity index is 1.81. The Morgan fingerprint density at radius 1 is 1.13 bits per heavy atom. The maximum atomic E-state index is 12.8. The first-order valence-electron chi connectivity index (χ1n) is 9.48. The number of carbonyl (C=O) groups excluding carboxylic acids is 1. The Morgan fingerprint density at radius 3 is 2.43 bits per heavy atom. The summed E-state index contributed by atoms with van der Waals surface area (Å²) in [5, 5.41) is 0. The molecule has 2 heterocycles. The average molecular weight is 325 g/mol. The lowest BCUT2D eigenvalue weighted by Crippen LogP contribution is -2.58. The van der Waals surface area contributed by atoms with Gasteiger partial charge in [-0.15, -0.1) is 0 Å². The minimum atomic E-state index is 0.0181. The molecule has 0 unspecified atom stereocenters. The van der Waals surface area contributed by atoms with Gasteiger partial charge in [-0.05, 0) is 33.6 Å². The summed E-state index contributed by atoms with van der Waals surface area (Å²) < 4.78 is 5.47. The maximum Gasteiger partial charge on any atom is 0.239 e. The van der Waals surface area contributed by atoms with Gasteiger partial charge in [0.25, 0.3) is 0 Å². The quantitative estimate of drug-likeness (QED) is 0.698. The van der Waals surface area contributed by atoms with Gasteiger partial charge < -0.3 is 9.64 Å². The minimum Gasteiger partial charge on any atom is -0.380 e. The third kappa shape index (κ3) is 5.44. The van der Waals surface area contributed by atoms with E-state index in [4.69, 9.17) is 4.74 Å². The van der Waals surface area contributed by atoms with Crippen LogP contribution in [0.2, 0.25) is 0 Å². The monoisotopic (exact) mass is 325 g/mol. The highest BCUT2D eigenvalue weighted by Crippen LogP contribution is 2.16. The molecule has 2 atom stereocenters. The first-order valence-corrected chi connectivity index (χ1v) is 9.48. The van der Waals surface area contributed by atoms with Crippen LogP contribution in [0.1, 0.15) is 46.5 Å². The van der Waals surface area contributed by atoms with Crippen LogP contribution in [-0.4, -0.2) is 85.2 Å². The molecule has 5 heteroatoms. The van der Waals surface area contributed by atoms with Gasteiger partial charge in [0.05, 0.1) is 12.6 Å². The molecule has 0 saturated carbocycles. The molecule has 0 aromatic rings. The number of piperazine rings is 1. The Labute approximate surface area is 141 Å². The molecule has 2 fully saturated rings. The van der Waals surface area contributed by atoms with Crippen LogP contribution in [0.5, 0.6) is 0 Å². The van der Waals surface area contributed by atoms with Gasteiger partial charge in [-0.25, -0.2) is 0 Å². The summed E-state index contributed by atoms with van der Waals surface area (Å²) in [6.07, 6.45) is 4.88. The molecule has 0 N–H and O–H groups in total. The van der Waals surface area contributed by atoms with Gasteiger partial charge in [0, 0.05) is 51.9 Å². The fraction of sp³-hybridized carbons (Fsp3) is 0.944. The third-order valence-corrected chi connectivity index (χ3v) is 5.35. The molecule has 23 heavy (non-hydrogen) atoms. The highest BCUT2D eigenvalue weighted by atomic mass is 16.5. The van der Waals surface area contributed by atoms with Crippen molar-refractivity contribution in [3.8, 4) is 0 Å². The molecule has 0 aliphatic carbocycles. The first kappa shape index (κ1) is 18.7. The summed E-state index contributed by atoms with van der Waals surface area (Å²) in [5.74, 6) is 0.335. The van der Waals surface area contributed by atoms with Gasteiger partial charge in [-0.2, -0.15) is 0 Å². The van der Waals surface area contributed by atoms with Crippen LogP contribution in [0, 0.1) is 0 Å². The Bertz CT molecular complexity index is 356. The van der Waals surface area contributed by atoms with E-state index in [2.05, 4.69) is 28.5 Å². The predicted octanol–water partition coefficient (Wildman–Crippen LogP) is 1.82. The highest BCUT2D eigenvalue weighted by Gasteiger charge is 2.31. The van der Waals surface area contributed by atoms with Crippen LogP contribution in [0.3, 0.4) is 0 Å². The zero-order valence-corrected chi connectivity index (χ0v) is 15.3. The van der Waals surface area contributed by atoms with E-state index in [0.29, 0.717) is 11.9 Å². The molecule has 0 aromatic heterocycles. The molecule has 0 spiro atoms. The smallest absolute Gasteiger partial charge is 0.239 e. The van der Waals surface area contributed by atoms with Crippen molar-refractivity contribution >= 4 is 5.91 Å². The topological polar surface area (TPSA) is 36.0 Å². The molecular formula is C18H35N3O2. The van der Waals surface area contributed by atoms with Gasteiger partial charge in [0.2, 0.25) is 5.91 Å². The standard InChI is InChI=1S/C18H35N3O2/c1-4-23-14-13-19-11-12-21(15-16(19)2)17(3)18(22)20-9-7-5-6-8-10-20/h16-17H,4-15H2,1-3H3/t16-,17+/m0/s1. The van der Waals surface area contributed by atoms with E-state index in [1.807, 2.05) is 6.92 Å². The molecular weight excluding hydrogens is 290 g/mol. The van der Waals surface area contributed by atoms with E-state index in [9.17, 15) is 4.79 Å². The van der Waals surface area contributed by atoms with Crippen LogP contribution in [0.4, 0.5) is 0 Å². The second kappa shape index (κ2) is 9.60. The average Bonchev–Trinajstić information content (AvgIpc) is 2.84. The Kier molecular flexibility index (Phi) is 7.80. The minimum absolute atomic E-state index is 0.0181. The molecule has 2 aliphatic rings. The first-order chi connectivity index (χ1) is 11.1. The summed E-state index contributed by atoms with van der Waals surface area (Å²) in [5.41, 5.74) is 0. The van der Waals surface area contributed by atoms with Crippen LogP contribution in [-0.2, 0) is 9.53 Å². The number of likely N-dealkylation sites (tertiary alicyclic amines) is 1. The fourth-order valence-corrected chi connectivity index (χ4v) is 3.74. The molecule has 0 aromatic carbocycles. The van der Waals surface area contributed by atoms with Crippen molar-refractivity contribution in [2.24, 2.45) is 0 Å². The van der Waals surface area contributed by atoms with E-state index in [-0.39, 0.29) is 6.04 Å². The molecule has 0 radical (unpaired) electrons. The number of hydrogen-bond acceptors (Lipinski definition) is 4. The largest absolute Gasteiger partial charge is 0.380 e. The normalized spacial score (nSPS) is 26.0. The zero-order valence-electron chi connectivity index (χ0n) is 15.3. The number of ether oxygens (including phenoxy) is 1. The van der Waals surface area contributed by atoms with Crippen LogP contribution in [0.25, 0.3) is 0 Å². The second-order valence-electron chi connectivity index (χ2n) is 6.99. The van der Waals surface area contributed by atoms with Gasteiger partial charge in [0.1, 0.15) is 0 Å². The van der Waals surface area contributed by atoms with Gasteiger partial charge >= 0.3 is 0 Å². The molecule has 2 saturated heterocycles. The molecule has 0 bridgehead atoms. The van der Waals surface area contributed by atoms with Crippen molar-refractivity contribution in [2.45, 2.75) is 58.5 Å². The van der Waals surface area contributed by atoms with Crippen molar-refractivity contribution in [1.82, 2.24) is 14.7 Å². The van der Waals surface area contributed by atoms with E-state index < -0.39 is 0 Å². The summed E-state index contributed by atoms with van der Waals surface area (Å²) in [4.78, 5) is 19.8. The van der Waals surface area contributed by atoms with Crippen molar-refractivity contribution < 1.29 is 9.53 Å². The lowest BCUT2D eigenvalue weighted by molar-refractivity contribution is -0.137. The van der Waals surface area contributed by atoms with E-state index in [1.54, 1.807) is 0 Å². The SMILES string of the molecule is CCOCCN1CCN([C@H](C)C(=O)N2CCCCCC2)C[C@@H]1C. The highest BCUT2D eigenvalue weighted by molar-refractivity contribution is 5.81. The fourth-order valence-electron chi connectivity index (χ4n) is 3.74. The van der Waals surface area contributed by atoms with Crippen LogP contribution in [0.15, 0.2) is 0 Å². The van der Waals surface area contributed by atoms with Crippen molar-refractivity contribution in [3.05, 3.63) is 0 Å². The maximum absolute atomic E-state index is 12.8. The molecule has 2 rings (SSSR count). The summed E-state index contributed by atoms with van der Waals surface area (Å²) >= 11 is 0. The van der Waals surface area contributed by atoms with Crippen LogP contribution < -0.4 is 0 Å². The van der Waals surface area contributed by atoms with Gasteiger partial charge in [-0.3, -0.25) is 14.6 Å². The molecule has 2 aliphatic heterocycles. The molecule has 1 amide bonds. The third-order valence-electron chi connectivity index (χ3n) is 5.35. The molecule has 5 nitrogen and oxygen atoms in total. The number of nitrogens with zero attached hydrogens (tertiary/aromatic N) is 3. The second-order valence-corrected chi connectivity index (χ2v) is 6.99. The van der Waals surface area contributed by atoms with Crippen molar-refractivity contribution in [1.29, 1.82) is 0 Å². The molecule has 134 valence electrons. The lowest BCUT2D eigenvalue weighted by Gasteiger charge is -2.42. The number of rotatable bonds is 6. The lowest BCUT2D eigenvalue weighted by atomic mass is 10.1. The number of amides is 1. The number of carbonyl (C=O) groups is 1. The summed E-state index contributed by atoms with van der Waals surface area (Å²) in [7, 11) is 0. The number of hydrogen-bond donors (Lipinski definition) is 0. The van der Waals surface area contributed by atoms with E-state index >= 15 is 0 Å². The van der Waals surface area contributed by atoms with Crippen molar-refractivity contribution in [3.63, 3.8) is 0 Å². The van der Waals surface area contributed by atoms with E-state index in [1.165, 1.54) is 25.7 Å². The van der Waals surface area contributed by atoms with E-state index in [0.717, 1.165) is 52.5 Å². The summed E-state index contributed by atoms with van der Waals surface area (Å²) in [6.45, 7) is 13.9. The summed E-state index contributed by atoms with van der Waals surface area (Å²) in [6, 6.07) is 0.508. The van der Waals surface area contributed by atoms with Gasteiger partial charge in [-0.1, -0.05) is 12.8 Å². The predicted molar refractivity (Wildman–Crippen MR) is 93.6 cm³/mol. The zero-order chi connectivity index (χ0) is 16.7. The van der Waals surface area contributed by atoms with Crippen LogP contribution >= 0.6 is 0 Å².